The first-order valence-corrected chi connectivity index (χ1v) is 15.3. The summed E-state index contributed by atoms with van der Waals surface area (Å²) in [5, 5.41) is 18.1. The number of aryl methyl sites for hydroxylation is 1. The maximum absolute atomic E-state index is 13.2. The highest BCUT2D eigenvalue weighted by molar-refractivity contribution is 5.99. The molecular formula is C34H41N7O3. The average molecular weight is 596 g/mol. The number of carbonyl (C=O) groups excluding carboxylic acids is 1. The molecule has 1 saturated heterocycles. The van der Waals surface area contributed by atoms with Gasteiger partial charge in [-0.15, -0.1) is 0 Å². The average Bonchev–Trinajstić information content (AvgIpc) is 3.67. The van der Waals surface area contributed by atoms with E-state index >= 15 is 0 Å². The zero-order valence-electron chi connectivity index (χ0n) is 25.4. The summed E-state index contributed by atoms with van der Waals surface area (Å²) in [4.78, 5) is 22.2. The molecule has 2 aromatic heterocycles. The summed E-state index contributed by atoms with van der Waals surface area (Å²) in [5.41, 5.74) is 12.1. The lowest BCUT2D eigenvalue weighted by molar-refractivity contribution is 0.0272. The molecule has 6 rings (SSSR count). The first-order chi connectivity index (χ1) is 21.3. The van der Waals surface area contributed by atoms with Crippen molar-refractivity contribution in [1.82, 2.24) is 29.9 Å². The summed E-state index contributed by atoms with van der Waals surface area (Å²) in [6, 6.07) is 15.9. The molecule has 2 fully saturated rings. The topological polar surface area (TPSA) is 122 Å². The van der Waals surface area contributed by atoms with Crippen molar-refractivity contribution in [3.8, 4) is 28.0 Å². The van der Waals surface area contributed by atoms with E-state index in [4.69, 9.17) is 10.5 Å². The molecule has 44 heavy (non-hydrogen) atoms. The van der Waals surface area contributed by atoms with Crippen LogP contribution in [0.2, 0.25) is 0 Å². The van der Waals surface area contributed by atoms with Crippen molar-refractivity contribution < 1.29 is 14.6 Å². The van der Waals surface area contributed by atoms with Crippen molar-refractivity contribution in [3.63, 3.8) is 0 Å². The number of pyridine rings is 1. The summed E-state index contributed by atoms with van der Waals surface area (Å²) >= 11 is 0. The maximum Gasteiger partial charge on any atom is 0.255 e. The number of nitrogens with two attached hydrogens (primary N) is 1. The Morgan fingerprint density at radius 2 is 1.75 bits per heavy atom. The van der Waals surface area contributed by atoms with E-state index in [9.17, 15) is 9.90 Å². The van der Waals surface area contributed by atoms with E-state index in [-0.39, 0.29) is 23.9 Å². The molecule has 1 amide bonds. The van der Waals surface area contributed by atoms with Crippen molar-refractivity contribution in [2.24, 2.45) is 7.05 Å². The molecule has 2 atom stereocenters. The van der Waals surface area contributed by atoms with Gasteiger partial charge in [0.2, 0.25) is 0 Å². The minimum Gasteiger partial charge on any atom is -0.508 e. The van der Waals surface area contributed by atoms with Crippen LogP contribution in [0.3, 0.4) is 0 Å². The molecule has 1 aliphatic carbocycles. The van der Waals surface area contributed by atoms with Crippen molar-refractivity contribution >= 4 is 11.7 Å². The number of phenols is 1. The molecule has 10 heteroatoms. The van der Waals surface area contributed by atoms with Crippen LogP contribution >= 0.6 is 0 Å². The number of aromatic hydroxyl groups is 1. The minimum absolute atomic E-state index is 0.0842. The molecule has 1 aliphatic heterocycles. The minimum atomic E-state index is -0.247. The Morgan fingerprint density at radius 1 is 0.977 bits per heavy atom. The number of nitrogens with one attached hydrogen (secondary N) is 1. The first-order valence-electron chi connectivity index (χ1n) is 15.3. The van der Waals surface area contributed by atoms with Gasteiger partial charge in [0.15, 0.2) is 0 Å². The Hall–Kier alpha value is -4.25. The molecule has 4 aromatic rings. The van der Waals surface area contributed by atoms with Crippen LogP contribution in [0.4, 0.5) is 5.82 Å². The van der Waals surface area contributed by atoms with Gasteiger partial charge >= 0.3 is 0 Å². The van der Waals surface area contributed by atoms with Crippen LogP contribution in [0.5, 0.6) is 5.75 Å². The number of ether oxygens (including phenoxy) is 1. The standard InChI is InChI=1S/C34H41N7O3/c1-39-12-14-41(15-13-39)21-26-11-10-25(17-31(26)42)24-8-6-23(7-9-24)22-44-32-5-3-4-30(32)38-34(43)29-16-27(18-36-33(29)35)28-19-37-40(2)20-28/h6-11,16-20,30,32,42H,3-5,12-15,21-22H2,1-2H3,(H2,35,36)(H,38,43)/t30?,32-/m0/s1. The van der Waals surface area contributed by atoms with E-state index in [0.717, 1.165) is 85.4 Å². The number of benzene rings is 2. The fourth-order valence-corrected chi connectivity index (χ4v) is 6.04. The van der Waals surface area contributed by atoms with Crippen molar-refractivity contribution in [1.29, 1.82) is 0 Å². The van der Waals surface area contributed by atoms with Gasteiger partial charge in [0.1, 0.15) is 11.6 Å². The molecule has 1 saturated carbocycles. The van der Waals surface area contributed by atoms with Gasteiger partial charge in [-0.1, -0.05) is 36.4 Å². The van der Waals surface area contributed by atoms with Crippen LogP contribution in [0.1, 0.15) is 40.7 Å². The summed E-state index contributed by atoms with van der Waals surface area (Å²) in [5.74, 6) is 0.289. The van der Waals surface area contributed by atoms with E-state index in [2.05, 4.69) is 62.6 Å². The number of aromatic nitrogens is 3. The fraction of sp³-hybridized carbons (Fsp3) is 0.382. The van der Waals surface area contributed by atoms with Crippen LogP contribution in [0, 0.1) is 0 Å². The molecule has 0 radical (unpaired) electrons. The molecule has 3 heterocycles. The molecule has 2 aromatic carbocycles. The largest absolute Gasteiger partial charge is 0.508 e. The monoisotopic (exact) mass is 595 g/mol. The van der Waals surface area contributed by atoms with Crippen LogP contribution in [-0.2, 0) is 24.9 Å². The zero-order chi connectivity index (χ0) is 30.6. The number of hydrogen-bond donors (Lipinski definition) is 3. The van der Waals surface area contributed by atoms with E-state index < -0.39 is 0 Å². The number of nitrogen functional groups attached to an aromatic ring is 1. The number of hydrogen-bond acceptors (Lipinski definition) is 8. The highest BCUT2D eigenvalue weighted by Crippen LogP contribution is 2.29. The quantitative estimate of drug-likeness (QED) is 0.265. The number of piperazine rings is 1. The van der Waals surface area contributed by atoms with Gasteiger partial charge < -0.3 is 25.8 Å². The van der Waals surface area contributed by atoms with Gasteiger partial charge in [-0.25, -0.2) is 4.98 Å². The highest BCUT2D eigenvalue weighted by atomic mass is 16.5. The van der Waals surface area contributed by atoms with Gasteiger partial charge in [-0.3, -0.25) is 14.4 Å². The number of carbonyl (C=O) groups is 1. The predicted molar refractivity (Wildman–Crippen MR) is 171 cm³/mol. The maximum atomic E-state index is 13.2. The van der Waals surface area contributed by atoms with E-state index in [1.807, 2.05) is 25.4 Å². The van der Waals surface area contributed by atoms with Gasteiger partial charge in [0.25, 0.3) is 5.91 Å². The Bertz CT molecular complexity index is 1590. The van der Waals surface area contributed by atoms with Crippen LogP contribution in [0.15, 0.2) is 67.1 Å². The Kier molecular flexibility index (Phi) is 8.92. The predicted octanol–water partition coefficient (Wildman–Crippen LogP) is 4.05. The van der Waals surface area contributed by atoms with E-state index in [0.29, 0.717) is 17.9 Å². The summed E-state index contributed by atoms with van der Waals surface area (Å²) in [6.07, 6.45) is 7.89. The smallest absolute Gasteiger partial charge is 0.255 e. The second-order valence-electron chi connectivity index (χ2n) is 12.0. The van der Waals surface area contributed by atoms with Gasteiger partial charge in [-0.05, 0) is 55.1 Å². The molecule has 2 aliphatic rings. The summed E-state index contributed by atoms with van der Waals surface area (Å²) in [7, 11) is 3.99. The molecule has 10 nitrogen and oxygen atoms in total. The lowest BCUT2D eigenvalue weighted by Gasteiger charge is -2.32. The number of rotatable bonds is 9. The number of likely N-dealkylation sites (N-methyl/N-ethyl adjacent to an activating group) is 1. The second-order valence-corrected chi connectivity index (χ2v) is 12.0. The van der Waals surface area contributed by atoms with Crippen molar-refractivity contribution in [3.05, 3.63) is 83.8 Å². The third-order valence-corrected chi connectivity index (χ3v) is 8.80. The molecule has 230 valence electrons. The Balaban J connectivity index is 1.04. The zero-order valence-corrected chi connectivity index (χ0v) is 25.4. The lowest BCUT2D eigenvalue weighted by atomic mass is 10.0. The third-order valence-electron chi connectivity index (χ3n) is 8.80. The van der Waals surface area contributed by atoms with Crippen molar-refractivity contribution in [2.45, 2.75) is 44.6 Å². The summed E-state index contributed by atoms with van der Waals surface area (Å²) in [6.45, 7) is 5.36. The molecule has 4 N–H and O–H groups in total. The number of nitrogens with zero attached hydrogens (tertiary/aromatic N) is 5. The third kappa shape index (κ3) is 6.93. The molecular weight excluding hydrogens is 554 g/mol. The fourth-order valence-electron chi connectivity index (χ4n) is 6.04. The van der Waals surface area contributed by atoms with E-state index in [1.54, 1.807) is 23.1 Å². The molecule has 0 spiro atoms. The van der Waals surface area contributed by atoms with Crippen LogP contribution < -0.4 is 11.1 Å². The molecule has 1 unspecified atom stereocenters. The second kappa shape index (κ2) is 13.2. The number of anilines is 1. The Labute approximate surface area is 258 Å². The SMILES string of the molecule is CN1CCN(Cc2ccc(-c3ccc(CO[C@H]4CCCC4NC(=O)c4cc(-c5cnn(C)c5)cnc4N)cc3)cc2O)CC1. The summed E-state index contributed by atoms with van der Waals surface area (Å²) < 4.78 is 8.01. The Morgan fingerprint density at radius 3 is 2.48 bits per heavy atom. The normalized spacial score (nSPS) is 19.3. The highest BCUT2D eigenvalue weighted by Gasteiger charge is 2.30. The van der Waals surface area contributed by atoms with Crippen molar-refractivity contribution in [2.75, 3.05) is 39.0 Å². The number of amides is 1. The van der Waals surface area contributed by atoms with Gasteiger partial charge in [0, 0.05) is 68.9 Å². The van der Waals surface area contributed by atoms with Crippen LogP contribution in [0.25, 0.3) is 22.3 Å². The van der Waals surface area contributed by atoms with Crippen LogP contribution in [-0.4, -0.2) is 81.0 Å². The first kappa shape index (κ1) is 29.8. The van der Waals surface area contributed by atoms with E-state index in [1.165, 1.54) is 0 Å². The van der Waals surface area contributed by atoms with Gasteiger partial charge in [0.05, 0.1) is 30.5 Å². The van der Waals surface area contributed by atoms with Gasteiger partial charge in [-0.2, -0.15) is 5.10 Å². The number of phenolic OH excluding ortho intramolecular Hbond substituents is 1. The lowest BCUT2D eigenvalue weighted by Crippen LogP contribution is -2.43. The molecule has 0 bridgehead atoms.